The smallest absolute Gasteiger partial charge is 0.299 e. The summed E-state index contributed by atoms with van der Waals surface area (Å²) < 4.78 is 23.2. The number of aromatic nitrogens is 2. The number of nitrogens with one attached hydrogen (secondary N) is 1. The van der Waals surface area contributed by atoms with Gasteiger partial charge in [-0.15, -0.1) is 0 Å². The third-order valence-electron chi connectivity index (χ3n) is 4.17. The first kappa shape index (κ1) is 18.8. The Morgan fingerprint density at radius 2 is 1.92 bits per heavy atom. The highest BCUT2D eigenvalue weighted by molar-refractivity contribution is 7.92. The van der Waals surface area contributed by atoms with Gasteiger partial charge in [-0.1, -0.05) is 30.3 Å². The second kappa shape index (κ2) is 7.16. The van der Waals surface area contributed by atoms with Crippen LogP contribution in [-0.2, 0) is 21.2 Å². The van der Waals surface area contributed by atoms with Gasteiger partial charge >= 0.3 is 5.69 Å². The average Bonchev–Trinajstić information content (AvgIpc) is 2.59. The summed E-state index contributed by atoms with van der Waals surface area (Å²) in [5, 5.41) is 8.80. The van der Waals surface area contributed by atoms with Gasteiger partial charge in [-0.3, -0.25) is 14.6 Å². The molecular weight excluding hydrogens is 346 g/mol. The van der Waals surface area contributed by atoms with Gasteiger partial charge in [0.1, 0.15) is 0 Å². The number of hydroxylamine groups is 1. The van der Waals surface area contributed by atoms with Crippen molar-refractivity contribution in [3.63, 3.8) is 0 Å². The predicted molar refractivity (Wildman–Crippen MR) is 91.7 cm³/mol. The highest BCUT2D eigenvalue weighted by atomic mass is 32.2. The fourth-order valence-corrected chi connectivity index (χ4v) is 3.13. The van der Waals surface area contributed by atoms with Crippen LogP contribution in [0.3, 0.4) is 0 Å². The Hall–Kier alpha value is -2.52. The molecule has 1 amide bonds. The topological polar surface area (TPSA) is 118 Å². The molecule has 2 N–H and O–H groups in total. The van der Waals surface area contributed by atoms with Gasteiger partial charge in [-0.05, 0) is 19.4 Å². The van der Waals surface area contributed by atoms with E-state index in [0.717, 1.165) is 11.8 Å². The van der Waals surface area contributed by atoms with E-state index in [-0.39, 0.29) is 13.0 Å². The van der Waals surface area contributed by atoms with E-state index < -0.39 is 26.2 Å². The summed E-state index contributed by atoms with van der Waals surface area (Å²) in [7, 11) is -3.82. The third kappa shape index (κ3) is 3.94. The summed E-state index contributed by atoms with van der Waals surface area (Å²) >= 11 is 0. The molecule has 0 fully saturated rings. The van der Waals surface area contributed by atoms with Gasteiger partial charge in [0.2, 0.25) is 0 Å². The highest BCUT2D eigenvalue weighted by Gasteiger charge is 2.43. The number of amides is 1. The van der Waals surface area contributed by atoms with E-state index >= 15 is 0 Å². The number of carbonyl (C=O) groups is 1. The lowest BCUT2D eigenvalue weighted by molar-refractivity contribution is -0.131. The Morgan fingerprint density at radius 1 is 1.28 bits per heavy atom. The highest BCUT2D eigenvalue weighted by Crippen LogP contribution is 2.22. The summed E-state index contributed by atoms with van der Waals surface area (Å²) in [6, 6.07) is 10.8. The van der Waals surface area contributed by atoms with Crippen LogP contribution in [0.5, 0.6) is 0 Å². The molecule has 8 nitrogen and oxygen atoms in total. The van der Waals surface area contributed by atoms with Crippen LogP contribution in [0.2, 0.25) is 0 Å². The Morgan fingerprint density at radius 3 is 2.44 bits per heavy atom. The van der Waals surface area contributed by atoms with E-state index in [4.69, 9.17) is 5.21 Å². The van der Waals surface area contributed by atoms with Gasteiger partial charge in [0, 0.05) is 24.6 Å². The zero-order chi connectivity index (χ0) is 18.7. The van der Waals surface area contributed by atoms with Crippen molar-refractivity contribution in [2.45, 2.75) is 24.6 Å². The molecule has 1 heterocycles. The fraction of sp³-hybridized carbons (Fsp3) is 0.312. The molecule has 0 aliphatic heterocycles. The Kier molecular flexibility index (Phi) is 5.39. The quantitative estimate of drug-likeness (QED) is 0.572. The fourth-order valence-electron chi connectivity index (χ4n) is 2.29. The normalized spacial score (nSPS) is 13.9. The minimum atomic E-state index is -3.82. The summed E-state index contributed by atoms with van der Waals surface area (Å²) in [6.07, 6.45) is 2.21. The first-order chi connectivity index (χ1) is 11.7. The summed E-state index contributed by atoms with van der Waals surface area (Å²) in [4.78, 5) is 27.9. The van der Waals surface area contributed by atoms with Crippen molar-refractivity contribution in [1.82, 2.24) is 15.0 Å². The maximum absolute atomic E-state index is 12.2. The van der Waals surface area contributed by atoms with E-state index in [0.29, 0.717) is 5.69 Å². The van der Waals surface area contributed by atoms with Gasteiger partial charge in [0.25, 0.3) is 5.91 Å². The molecule has 1 aromatic carbocycles. The second-order valence-electron chi connectivity index (χ2n) is 5.85. The molecule has 1 atom stereocenters. The molecule has 0 bridgehead atoms. The Bertz CT molecular complexity index is 924. The Balaban J connectivity index is 2.26. The van der Waals surface area contributed by atoms with Crippen LogP contribution in [0.15, 0.2) is 47.4 Å². The summed E-state index contributed by atoms with van der Waals surface area (Å²) in [6.45, 7) is 1.16. The number of hydrogen-bond donors (Lipinski definition) is 2. The third-order valence-corrected chi connectivity index (χ3v) is 6.20. The van der Waals surface area contributed by atoms with Gasteiger partial charge in [0.05, 0.1) is 5.69 Å². The van der Waals surface area contributed by atoms with Crippen LogP contribution in [0.25, 0.3) is 11.3 Å². The molecule has 0 spiro atoms. The molecule has 134 valence electrons. The Labute approximate surface area is 145 Å². The van der Waals surface area contributed by atoms with Crippen molar-refractivity contribution in [1.29, 1.82) is 0 Å². The minimum absolute atomic E-state index is 0.0438. The summed E-state index contributed by atoms with van der Waals surface area (Å²) in [5.74, 6) is -1.04. The van der Waals surface area contributed by atoms with Gasteiger partial charge in [-0.2, -0.15) is 4.98 Å². The van der Waals surface area contributed by atoms with Crippen LogP contribution >= 0.6 is 0 Å². The number of nitrogens with zero attached hydrogens (tertiary/aromatic N) is 2. The monoisotopic (exact) mass is 365 g/mol. The van der Waals surface area contributed by atoms with Crippen LogP contribution in [0.4, 0.5) is 0 Å². The number of hydrogen-bond acceptors (Lipinski definition) is 6. The average molecular weight is 365 g/mol. The number of rotatable bonds is 6. The molecule has 0 saturated heterocycles. The molecule has 2 rings (SSSR count). The first-order valence-electron chi connectivity index (χ1n) is 7.46. The van der Waals surface area contributed by atoms with Gasteiger partial charge < -0.3 is 0 Å². The van der Waals surface area contributed by atoms with E-state index in [1.165, 1.54) is 23.2 Å². The van der Waals surface area contributed by atoms with Gasteiger partial charge in [0.15, 0.2) is 14.6 Å². The minimum Gasteiger partial charge on any atom is -0.299 e. The van der Waals surface area contributed by atoms with Gasteiger partial charge in [-0.25, -0.2) is 18.7 Å². The predicted octanol–water partition coefficient (Wildman–Crippen LogP) is 0.609. The van der Waals surface area contributed by atoms with E-state index in [9.17, 15) is 18.0 Å². The van der Waals surface area contributed by atoms with E-state index in [2.05, 4.69) is 4.98 Å². The lowest BCUT2D eigenvalue weighted by Gasteiger charge is -2.25. The molecule has 25 heavy (non-hydrogen) atoms. The molecule has 2 aromatic rings. The number of sulfone groups is 1. The number of benzene rings is 1. The van der Waals surface area contributed by atoms with Crippen LogP contribution in [0.1, 0.15) is 13.3 Å². The molecular formula is C16H19N3O5S. The van der Waals surface area contributed by atoms with E-state index in [1.54, 1.807) is 6.07 Å². The molecule has 0 unspecified atom stereocenters. The zero-order valence-electron chi connectivity index (χ0n) is 13.8. The lowest BCUT2D eigenvalue weighted by atomic mass is 10.1. The van der Waals surface area contributed by atoms with Crippen molar-refractivity contribution in [3.8, 4) is 11.3 Å². The molecule has 1 aromatic heterocycles. The number of carbonyl (C=O) groups excluding carboxylic acids is 1. The zero-order valence-corrected chi connectivity index (χ0v) is 14.7. The van der Waals surface area contributed by atoms with Crippen molar-refractivity contribution < 1.29 is 18.4 Å². The first-order valence-corrected chi connectivity index (χ1v) is 9.35. The largest absolute Gasteiger partial charge is 0.348 e. The second-order valence-corrected chi connectivity index (χ2v) is 8.29. The van der Waals surface area contributed by atoms with Crippen molar-refractivity contribution in [3.05, 3.63) is 53.1 Å². The maximum Gasteiger partial charge on any atom is 0.348 e. The van der Waals surface area contributed by atoms with Crippen LogP contribution in [0, 0.1) is 0 Å². The van der Waals surface area contributed by atoms with E-state index in [1.807, 2.05) is 30.3 Å². The molecule has 0 aliphatic carbocycles. The number of aryl methyl sites for hydroxylation is 1. The van der Waals surface area contributed by atoms with Crippen LogP contribution in [-0.4, -0.2) is 40.1 Å². The molecule has 9 heteroatoms. The van der Waals surface area contributed by atoms with Crippen molar-refractivity contribution >= 4 is 15.7 Å². The van der Waals surface area contributed by atoms with Crippen LogP contribution < -0.4 is 11.2 Å². The van der Waals surface area contributed by atoms with Crippen molar-refractivity contribution in [2.75, 3.05) is 6.26 Å². The lowest BCUT2D eigenvalue weighted by Crippen LogP contribution is -2.50. The van der Waals surface area contributed by atoms with Crippen molar-refractivity contribution in [2.24, 2.45) is 0 Å². The maximum atomic E-state index is 12.2. The summed E-state index contributed by atoms with van der Waals surface area (Å²) in [5.41, 5.74) is 2.10. The molecule has 0 radical (unpaired) electrons. The standard InChI is InChI=1S/C16H19N3O5S/c1-16(14(20)18-22,25(2,23)24)9-11-19-10-8-13(17-15(19)21)12-6-4-3-5-7-12/h3-8,10,22H,9,11H2,1-2H3,(H,18,20)/t16-/m1/s1. The molecule has 0 saturated carbocycles. The molecule has 0 aliphatic rings. The SMILES string of the molecule is C[C@@](CCn1ccc(-c2ccccc2)nc1=O)(C(=O)NO)S(C)(=O)=O.